The highest BCUT2D eigenvalue weighted by molar-refractivity contribution is 7.98. The van der Waals surface area contributed by atoms with Gasteiger partial charge in [0.2, 0.25) is 10.0 Å². The van der Waals surface area contributed by atoms with Crippen molar-refractivity contribution >= 4 is 21.8 Å². The van der Waals surface area contributed by atoms with Crippen LogP contribution in [0.15, 0.2) is 58.3 Å². The highest BCUT2D eigenvalue weighted by Crippen LogP contribution is 2.19. The van der Waals surface area contributed by atoms with Crippen molar-refractivity contribution in [2.75, 3.05) is 6.26 Å². The van der Waals surface area contributed by atoms with Gasteiger partial charge in [0.15, 0.2) is 0 Å². The lowest BCUT2D eigenvalue weighted by Gasteiger charge is -2.09. The van der Waals surface area contributed by atoms with Crippen molar-refractivity contribution < 1.29 is 8.42 Å². The number of nitrogens with two attached hydrogens (primary N) is 1. The molecule has 1 unspecified atom stereocenters. The van der Waals surface area contributed by atoms with E-state index < -0.39 is 10.0 Å². The smallest absolute Gasteiger partial charge is 0.240 e. The van der Waals surface area contributed by atoms with E-state index in [4.69, 9.17) is 5.73 Å². The van der Waals surface area contributed by atoms with Crippen LogP contribution in [0.5, 0.6) is 0 Å². The van der Waals surface area contributed by atoms with Gasteiger partial charge in [-0.15, -0.1) is 11.8 Å². The van der Waals surface area contributed by atoms with Crippen molar-refractivity contribution in [3.63, 3.8) is 0 Å². The highest BCUT2D eigenvalue weighted by atomic mass is 32.2. The van der Waals surface area contributed by atoms with E-state index in [9.17, 15) is 8.42 Å². The third-order valence-corrected chi connectivity index (χ3v) is 5.45. The maximum absolute atomic E-state index is 12.3. The SMILES string of the molecule is CSc1cccc(S(=O)(=O)NCc2ccc(C(C)N)cc2)c1. The Kier molecular flexibility index (Phi) is 5.63. The lowest BCUT2D eigenvalue weighted by atomic mass is 10.1. The van der Waals surface area contributed by atoms with Crippen molar-refractivity contribution in [2.24, 2.45) is 5.73 Å². The first kappa shape index (κ1) is 17.0. The fourth-order valence-electron chi connectivity index (χ4n) is 1.97. The molecule has 0 radical (unpaired) electrons. The topological polar surface area (TPSA) is 72.2 Å². The van der Waals surface area contributed by atoms with Gasteiger partial charge in [-0.2, -0.15) is 0 Å². The van der Waals surface area contributed by atoms with Crippen molar-refractivity contribution in [2.45, 2.75) is 29.3 Å². The predicted molar refractivity (Wildman–Crippen MR) is 91.3 cm³/mol. The minimum atomic E-state index is -3.51. The molecule has 118 valence electrons. The Morgan fingerprint density at radius 1 is 1.18 bits per heavy atom. The minimum absolute atomic E-state index is 0.0278. The van der Waals surface area contributed by atoms with Crippen LogP contribution in [0.25, 0.3) is 0 Å². The fourth-order valence-corrected chi connectivity index (χ4v) is 3.57. The number of sulfonamides is 1. The van der Waals surface area contributed by atoms with Crippen LogP contribution in [0.3, 0.4) is 0 Å². The minimum Gasteiger partial charge on any atom is -0.324 e. The first-order chi connectivity index (χ1) is 10.4. The van der Waals surface area contributed by atoms with Gasteiger partial charge in [-0.25, -0.2) is 13.1 Å². The van der Waals surface area contributed by atoms with E-state index in [0.717, 1.165) is 16.0 Å². The summed E-state index contributed by atoms with van der Waals surface area (Å²) < 4.78 is 27.2. The quantitative estimate of drug-likeness (QED) is 0.796. The Bertz CT molecular complexity index is 726. The number of benzene rings is 2. The molecule has 22 heavy (non-hydrogen) atoms. The summed E-state index contributed by atoms with van der Waals surface area (Å²) in [4.78, 5) is 1.20. The van der Waals surface area contributed by atoms with Gasteiger partial charge < -0.3 is 5.73 Å². The summed E-state index contributed by atoms with van der Waals surface area (Å²) in [7, 11) is -3.51. The normalized spacial score (nSPS) is 13.0. The zero-order valence-electron chi connectivity index (χ0n) is 12.6. The van der Waals surface area contributed by atoms with Gasteiger partial charge in [0.05, 0.1) is 4.90 Å². The van der Waals surface area contributed by atoms with Crippen molar-refractivity contribution in [3.05, 3.63) is 59.7 Å². The van der Waals surface area contributed by atoms with Crippen LogP contribution in [0.4, 0.5) is 0 Å². The van der Waals surface area contributed by atoms with Crippen LogP contribution >= 0.6 is 11.8 Å². The first-order valence-electron chi connectivity index (χ1n) is 6.90. The Morgan fingerprint density at radius 3 is 2.45 bits per heavy atom. The molecular weight excluding hydrogens is 316 g/mol. The van der Waals surface area contributed by atoms with Gasteiger partial charge in [-0.05, 0) is 42.5 Å². The van der Waals surface area contributed by atoms with Crippen LogP contribution < -0.4 is 10.5 Å². The van der Waals surface area contributed by atoms with Gasteiger partial charge in [0.1, 0.15) is 0 Å². The molecule has 0 aliphatic carbocycles. The average molecular weight is 336 g/mol. The molecule has 0 aromatic heterocycles. The number of rotatable bonds is 6. The molecular formula is C16H20N2O2S2. The molecule has 2 aromatic carbocycles. The molecule has 0 saturated heterocycles. The van der Waals surface area contributed by atoms with E-state index in [1.54, 1.807) is 18.2 Å². The molecule has 6 heteroatoms. The van der Waals surface area contributed by atoms with Gasteiger partial charge in [0, 0.05) is 17.5 Å². The van der Waals surface area contributed by atoms with E-state index in [1.165, 1.54) is 11.8 Å². The average Bonchev–Trinajstić information content (AvgIpc) is 2.53. The van der Waals surface area contributed by atoms with Crippen LogP contribution in [0, 0.1) is 0 Å². The summed E-state index contributed by atoms with van der Waals surface area (Å²) in [6.07, 6.45) is 1.92. The Labute approximate surface area is 136 Å². The van der Waals surface area contributed by atoms with Gasteiger partial charge in [0.25, 0.3) is 0 Å². The standard InChI is InChI=1S/C16H20N2O2S2/c1-12(17)14-8-6-13(7-9-14)11-18-22(19,20)16-5-3-4-15(10-16)21-2/h3-10,12,18H,11,17H2,1-2H3. The lowest BCUT2D eigenvalue weighted by Crippen LogP contribution is -2.23. The Morgan fingerprint density at radius 2 is 1.86 bits per heavy atom. The zero-order chi connectivity index (χ0) is 16.2. The monoisotopic (exact) mass is 336 g/mol. The second kappa shape index (κ2) is 7.28. The van der Waals surface area contributed by atoms with E-state index in [2.05, 4.69) is 4.72 Å². The predicted octanol–water partition coefficient (Wildman–Crippen LogP) is 2.91. The summed E-state index contributed by atoms with van der Waals surface area (Å²) >= 11 is 1.51. The summed E-state index contributed by atoms with van der Waals surface area (Å²) in [6.45, 7) is 2.17. The van der Waals surface area contributed by atoms with E-state index >= 15 is 0 Å². The second-order valence-corrected chi connectivity index (χ2v) is 7.68. The molecule has 0 spiro atoms. The van der Waals surface area contributed by atoms with Crippen LogP contribution in [-0.4, -0.2) is 14.7 Å². The van der Waals surface area contributed by atoms with Crippen LogP contribution in [0.1, 0.15) is 24.1 Å². The van der Waals surface area contributed by atoms with Crippen LogP contribution in [-0.2, 0) is 16.6 Å². The molecule has 3 N–H and O–H groups in total. The summed E-state index contributed by atoms with van der Waals surface area (Å²) in [6, 6.07) is 14.5. The van der Waals surface area contributed by atoms with E-state index in [1.807, 2.05) is 43.5 Å². The lowest BCUT2D eigenvalue weighted by molar-refractivity contribution is 0.581. The molecule has 0 fully saturated rings. The maximum atomic E-state index is 12.3. The molecule has 4 nitrogen and oxygen atoms in total. The molecule has 0 aliphatic rings. The van der Waals surface area contributed by atoms with Gasteiger partial charge >= 0.3 is 0 Å². The summed E-state index contributed by atoms with van der Waals surface area (Å²) in [5.74, 6) is 0. The molecule has 0 heterocycles. The Hall–Kier alpha value is -1.34. The first-order valence-corrected chi connectivity index (χ1v) is 9.61. The van der Waals surface area contributed by atoms with Crippen molar-refractivity contribution in [3.8, 4) is 0 Å². The second-order valence-electron chi connectivity index (χ2n) is 5.03. The molecule has 1 atom stereocenters. The molecule has 0 saturated carbocycles. The third kappa shape index (κ3) is 4.33. The summed E-state index contributed by atoms with van der Waals surface area (Å²) in [5.41, 5.74) is 7.72. The van der Waals surface area contributed by atoms with Crippen LogP contribution in [0.2, 0.25) is 0 Å². The van der Waals surface area contributed by atoms with Gasteiger partial charge in [-0.3, -0.25) is 0 Å². The fraction of sp³-hybridized carbons (Fsp3) is 0.250. The summed E-state index contributed by atoms with van der Waals surface area (Å²) in [5, 5.41) is 0. The largest absolute Gasteiger partial charge is 0.324 e. The number of nitrogens with one attached hydrogen (secondary N) is 1. The third-order valence-electron chi connectivity index (χ3n) is 3.32. The van der Waals surface area contributed by atoms with Crippen molar-refractivity contribution in [1.29, 1.82) is 0 Å². The molecule has 2 rings (SSSR count). The van der Waals surface area contributed by atoms with E-state index in [0.29, 0.717) is 0 Å². The molecule has 0 aliphatic heterocycles. The molecule has 2 aromatic rings. The maximum Gasteiger partial charge on any atom is 0.240 e. The number of hydrogen-bond acceptors (Lipinski definition) is 4. The van der Waals surface area contributed by atoms with E-state index in [-0.39, 0.29) is 17.5 Å². The molecule has 0 amide bonds. The Balaban J connectivity index is 2.09. The number of hydrogen-bond donors (Lipinski definition) is 2. The van der Waals surface area contributed by atoms with Gasteiger partial charge in [-0.1, -0.05) is 30.3 Å². The zero-order valence-corrected chi connectivity index (χ0v) is 14.2. The van der Waals surface area contributed by atoms with Crippen molar-refractivity contribution in [1.82, 2.24) is 4.72 Å². The highest BCUT2D eigenvalue weighted by Gasteiger charge is 2.14. The number of thioether (sulfide) groups is 1. The molecule has 0 bridgehead atoms.